The molecule has 1 aromatic carbocycles. The Morgan fingerprint density at radius 1 is 1.12 bits per heavy atom. The van der Waals surface area contributed by atoms with E-state index in [1.54, 1.807) is 0 Å². The summed E-state index contributed by atoms with van der Waals surface area (Å²) < 4.78 is 0. The van der Waals surface area contributed by atoms with E-state index in [2.05, 4.69) is 36.1 Å². The van der Waals surface area contributed by atoms with Crippen LogP contribution in [0.4, 0.5) is 5.69 Å². The van der Waals surface area contributed by atoms with Crippen LogP contribution in [-0.4, -0.2) is 23.8 Å². The van der Waals surface area contributed by atoms with E-state index in [0.29, 0.717) is 5.92 Å². The fourth-order valence-corrected chi connectivity index (χ4v) is 2.78. The lowest BCUT2D eigenvalue weighted by Crippen LogP contribution is -2.37. The first kappa shape index (κ1) is 9.88. The van der Waals surface area contributed by atoms with Gasteiger partial charge in [0.15, 0.2) is 0 Å². The van der Waals surface area contributed by atoms with Crippen LogP contribution >= 0.6 is 0 Å². The fraction of sp³-hybridized carbons (Fsp3) is 0.500. The summed E-state index contributed by atoms with van der Waals surface area (Å²) in [7, 11) is 0. The van der Waals surface area contributed by atoms with Crippen LogP contribution in [0.3, 0.4) is 0 Å². The Morgan fingerprint density at radius 3 is 2.62 bits per heavy atom. The summed E-state index contributed by atoms with van der Waals surface area (Å²) in [6.07, 6.45) is 4.02. The van der Waals surface area contributed by atoms with Crippen molar-refractivity contribution in [2.45, 2.75) is 32.1 Å². The van der Waals surface area contributed by atoms with E-state index in [9.17, 15) is 0 Å². The van der Waals surface area contributed by atoms with Crippen molar-refractivity contribution in [1.29, 1.82) is 0 Å². The van der Waals surface area contributed by atoms with Crippen LogP contribution in [-0.2, 0) is 0 Å². The largest absolute Gasteiger partial charge is 0.360 e. The third kappa shape index (κ3) is 1.53. The van der Waals surface area contributed by atoms with Gasteiger partial charge in [0, 0.05) is 19.0 Å². The van der Waals surface area contributed by atoms with Crippen LogP contribution in [0.2, 0.25) is 0 Å². The molecule has 2 aliphatic rings. The van der Waals surface area contributed by atoms with Crippen molar-refractivity contribution >= 4 is 11.5 Å². The molecule has 16 heavy (non-hydrogen) atoms. The standard InChI is InChI=1S/C14H18N2/c1-11-12-7-3-4-8-13(12)15-14(11)16-9-5-2-6-10-16/h3-4,7-8,11H,2,5-6,9-10H2,1H3/t11-/m1/s1. The Labute approximate surface area is 97.0 Å². The number of para-hydroxylation sites is 1. The van der Waals surface area contributed by atoms with Crippen LogP contribution in [0.1, 0.15) is 37.7 Å². The second-order valence-electron chi connectivity index (χ2n) is 4.80. The summed E-state index contributed by atoms with van der Waals surface area (Å²) in [5, 5.41) is 0. The van der Waals surface area contributed by atoms with Crippen molar-refractivity contribution in [2.24, 2.45) is 4.99 Å². The topological polar surface area (TPSA) is 15.6 Å². The fourth-order valence-electron chi connectivity index (χ4n) is 2.78. The maximum Gasteiger partial charge on any atom is 0.112 e. The molecule has 2 aliphatic heterocycles. The summed E-state index contributed by atoms with van der Waals surface area (Å²) in [4.78, 5) is 7.28. The summed E-state index contributed by atoms with van der Waals surface area (Å²) in [6, 6.07) is 8.53. The van der Waals surface area contributed by atoms with Gasteiger partial charge >= 0.3 is 0 Å². The Hall–Kier alpha value is -1.31. The zero-order valence-corrected chi connectivity index (χ0v) is 9.82. The zero-order valence-electron chi connectivity index (χ0n) is 9.82. The van der Waals surface area contributed by atoms with Crippen molar-refractivity contribution in [3.8, 4) is 0 Å². The van der Waals surface area contributed by atoms with Crippen LogP contribution in [0.25, 0.3) is 0 Å². The van der Waals surface area contributed by atoms with Crippen molar-refractivity contribution < 1.29 is 0 Å². The monoisotopic (exact) mass is 214 g/mol. The smallest absolute Gasteiger partial charge is 0.112 e. The lowest BCUT2D eigenvalue weighted by atomic mass is 9.99. The van der Waals surface area contributed by atoms with Gasteiger partial charge in [0.2, 0.25) is 0 Å². The number of hydrogen-bond acceptors (Lipinski definition) is 2. The number of aliphatic imine (C=N–C) groups is 1. The molecular weight excluding hydrogens is 196 g/mol. The number of likely N-dealkylation sites (tertiary alicyclic amines) is 1. The van der Waals surface area contributed by atoms with Crippen LogP contribution in [0.15, 0.2) is 29.3 Å². The van der Waals surface area contributed by atoms with Crippen molar-refractivity contribution in [1.82, 2.24) is 4.90 Å². The number of rotatable bonds is 0. The Bertz CT molecular complexity index is 416. The third-order valence-electron chi connectivity index (χ3n) is 3.71. The van der Waals surface area contributed by atoms with E-state index >= 15 is 0 Å². The molecule has 2 nitrogen and oxygen atoms in total. The summed E-state index contributed by atoms with van der Waals surface area (Å²) >= 11 is 0. The first-order valence-corrected chi connectivity index (χ1v) is 6.29. The molecule has 0 aliphatic carbocycles. The second-order valence-corrected chi connectivity index (χ2v) is 4.80. The number of nitrogens with zero attached hydrogens (tertiary/aromatic N) is 2. The maximum atomic E-state index is 4.80. The normalized spacial score (nSPS) is 24.2. The molecule has 0 unspecified atom stereocenters. The number of amidine groups is 1. The quantitative estimate of drug-likeness (QED) is 0.647. The maximum absolute atomic E-state index is 4.80. The molecule has 1 fully saturated rings. The first-order chi connectivity index (χ1) is 7.86. The van der Waals surface area contributed by atoms with Crippen LogP contribution in [0, 0.1) is 0 Å². The average molecular weight is 214 g/mol. The number of hydrogen-bond donors (Lipinski definition) is 0. The number of piperidine rings is 1. The predicted octanol–water partition coefficient (Wildman–Crippen LogP) is 3.32. The molecule has 0 aromatic heterocycles. The van der Waals surface area contributed by atoms with Crippen LogP contribution in [0.5, 0.6) is 0 Å². The molecule has 1 atom stereocenters. The van der Waals surface area contributed by atoms with E-state index in [1.165, 1.54) is 49.4 Å². The molecule has 84 valence electrons. The molecule has 1 aromatic rings. The second kappa shape index (κ2) is 3.93. The van der Waals surface area contributed by atoms with E-state index in [4.69, 9.17) is 4.99 Å². The highest BCUT2D eigenvalue weighted by Crippen LogP contribution is 2.36. The molecule has 3 rings (SSSR count). The number of fused-ring (bicyclic) bond motifs is 1. The van der Waals surface area contributed by atoms with Gasteiger partial charge in [0.05, 0.1) is 5.69 Å². The molecule has 2 heteroatoms. The highest BCUT2D eigenvalue weighted by atomic mass is 15.2. The Kier molecular flexibility index (Phi) is 2.43. The molecule has 2 heterocycles. The van der Waals surface area contributed by atoms with Gasteiger partial charge in [-0.15, -0.1) is 0 Å². The minimum absolute atomic E-state index is 0.481. The average Bonchev–Trinajstić information content (AvgIpc) is 2.69. The van der Waals surface area contributed by atoms with Gasteiger partial charge in [-0.3, -0.25) is 0 Å². The lowest BCUT2D eigenvalue weighted by molar-refractivity contribution is 0.335. The molecule has 0 radical (unpaired) electrons. The van der Waals surface area contributed by atoms with Gasteiger partial charge in [-0.1, -0.05) is 25.1 Å². The van der Waals surface area contributed by atoms with E-state index in [-0.39, 0.29) is 0 Å². The Morgan fingerprint density at radius 2 is 1.88 bits per heavy atom. The van der Waals surface area contributed by atoms with Crippen molar-refractivity contribution in [2.75, 3.05) is 13.1 Å². The summed E-state index contributed by atoms with van der Waals surface area (Å²) in [5.41, 5.74) is 2.57. The molecular formula is C14H18N2. The van der Waals surface area contributed by atoms with Crippen molar-refractivity contribution in [3.63, 3.8) is 0 Å². The van der Waals surface area contributed by atoms with E-state index in [0.717, 1.165) is 0 Å². The number of benzene rings is 1. The van der Waals surface area contributed by atoms with Crippen LogP contribution < -0.4 is 0 Å². The highest BCUT2D eigenvalue weighted by molar-refractivity contribution is 5.96. The Balaban J connectivity index is 1.89. The summed E-state index contributed by atoms with van der Waals surface area (Å²) in [5.74, 6) is 1.77. The lowest BCUT2D eigenvalue weighted by Gasteiger charge is -2.30. The molecule has 1 saturated heterocycles. The third-order valence-corrected chi connectivity index (χ3v) is 3.71. The minimum Gasteiger partial charge on any atom is -0.360 e. The summed E-state index contributed by atoms with van der Waals surface area (Å²) in [6.45, 7) is 4.66. The predicted molar refractivity (Wildman–Crippen MR) is 67.4 cm³/mol. The van der Waals surface area contributed by atoms with Gasteiger partial charge in [-0.05, 0) is 30.9 Å². The van der Waals surface area contributed by atoms with Gasteiger partial charge in [0.1, 0.15) is 5.84 Å². The molecule has 0 amide bonds. The highest BCUT2D eigenvalue weighted by Gasteiger charge is 2.27. The van der Waals surface area contributed by atoms with Gasteiger partial charge in [-0.2, -0.15) is 0 Å². The van der Waals surface area contributed by atoms with Gasteiger partial charge in [-0.25, -0.2) is 4.99 Å². The molecule has 0 saturated carbocycles. The minimum atomic E-state index is 0.481. The first-order valence-electron chi connectivity index (χ1n) is 6.29. The molecule has 0 bridgehead atoms. The van der Waals surface area contributed by atoms with Gasteiger partial charge < -0.3 is 4.90 Å². The van der Waals surface area contributed by atoms with Gasteiger partial charge in [0.25, 0.3) is 0 Å². The SMILES string of the molecule is C[C@H]1C(N2CCCCC2)=Nc2ccccc21. The zero-order chi connectivity index (χ0) is 11.0. The van der Waals surface area contributed by atoms with E-state index < -0.39 is 0 Å². The molecule has 0 N–H and O–H groups in total. The molecule has 0 spiro atoms. The van der Waals surface area contributed by atoms with Crippen molar-refractivity contribution in [3.05, 3.63) is 29.8 Å². The van der Waals surface area contributed by atoms with E-state index in [1.807, 2.05) is 0 Å².